The molecule has 1 saturated heterocycles. The van der Waals surface area contributed by atoms with Crippen molar-refractivity contribution >= 4 is 16.9 Å². The number of hydrogen-bond acceptors (Lipinski definition) is 5. The van der Waals surface area contributed by atoms with E-state index in [2.05, 4.69) is 69.8 Å². The number of pyridine rings is 2. The number of fused-ring (bicyclic) bond motifs is 1. The molecular formula is C21H21N5S. The number of aromatic nitrogens is 3. The molecule has 2 aliphatic heterocycles. The maximum atomic E-state index is 5.07. The average molecular weight is 376 g/mol. The lowest BCUT2D eigenvalue weighted by Gasteiger charge is -2.28. The highest BCUT2D eigenvalue weighted by molar-refractivity contribution is 8.14. The van der Waals surface area contributed by atoms with Crippen LogP contribution in [-0.2, 0) is 0 Å². The number of aliphatic imine (C=N–C) groups is 1. The van der Waals surface area contributed by atoms with E-state index in [-0.39, 0.29) is 12.1 Å². The Balaban J connectivity index is 1.60. The second-order valence-electron chi connectivity index (χ2n) is 7.13. The molecule has 2 aliphatic rings. The molecule has 0 radical (unpaired) electrons. The van der Waals surface area contributed by atoms with Crippen molar-refractivity contribution in [3.05, 3.63) is 78.0 Å². The van der Waals surface area contributed by atoms with Gasteiger partial charge in [-0.15, -0.1) is 0 Å². The summed E-state index contributed by atoms with van der Waals surface area (Å²) < 4.78 is 2.19. The molecule has 6 heteroatoms. The van der Waals surface area contributed by atoms with Gasteiger partial charge in [0.1, 0.15) is 11.9 Å². The van der Waals surface area contributed by atoms with Gasteiger partial charge in [0.25, 0.3) is 0 Å². The molecule has 0 amide bonds. The Morgan fingerprint density at radius 3 is 2.78 bits per heavy atom. The van der Waals surface area contributed by atoms with Crippen LogP contribution in [0.25, 0.3) is 5.82 Å². The van der Waals surface area contributed by atoms with Crippen LogP contribution in [0.3, 0.4) is 0 Å². The Bertz CT molecular complexity index is 979. The van der Waals surface area contributed by atoms with Crippen molar-refractivity contribution in [2.75, 3.05) is 6.54 Å². The minimum atomic E-state index is 0.000276. The van der Waals surface area contributed by atoms with Crippen LogP contribution in [0.4, 0.5) is 0 Å². The van der Waals surface area contributed by atoms with E-state index in [1.807, 2.05) is 36.3 Å². The molecule has 3 aromatic heterocycles. The minimum absolute atomic E-state index is 0.000276. The Labute approximate surface area is 163 Å². The normalized spacial score (nSPS) is 24.1. The zero-order valence-electron chi connectivity index (χ0n) is 15.4. The zero-order chi connectivity index (χ0) is 18.4. The Kier molecular flexibility index (Phi) is 4.01. The molecule has 5 rings (SSSR count). The highest BCUT2D eigenvalue weighted by Crippen LogP contribution is 2.47. The van der Waals surface area contributed by atoms with Crippen LogP contribution in [0, 0.1) is 6.92 Å². The number of rotatable bonds is 3. The number of nitrogens with zero attached hydrogens (tertiary/aromatic N) is 5. The molecule has 0 bridgehead atoms. The second-order valence-corrected chi connectivity index (χ2v) is 8.54. The fraction of sp³-hybridized carbons (Fsp3) is 0.286. The quantitative estimate of drug-likeness (QED) is 0.689. The maximum absolute atomic E-state index is 5.07. The molecule has 27 heavy (non-hydrogen) atoms. The lowest BCUT2D eigenvalue weighted by Crippen LogP contribution is -2.30. The number of thioether (sulfide) groups is 1. The number of amidine groups is 1. The first-order chi connectivity index (χ1) is 13.2. The Morgan fingerprint density at radius 1 is 1.07 bits per heavy atom. The van der Waals surface area contributed by atoms with Gasteiger partial charge in [-0.25, -0.2) is 4.98 Å². The summed E-state index contributed by atoms with van der Waals surface area (Å²) in [4.78, 5) is 16.8. The zero-order valence-corrected chi connectivity index (χ0v) is 16.2. The van der Waals surface area contributed by atoms with Gasteiger partial charge in [0.15, 0.2) is 5.17 Å². The molecule has 5 heterocycles. The van der Waals surface area contributed by atoms with Crippen molar-refractivity contribution in [2.45, 2.75) is 31.2 Å². The fourth-order valence-electron chi connectivity index (χ4n) is 3.88. The molecule has 0 unspecified atom stereocenters. The molecule has 3 atom stereocenters. The summed E-state index contributed by atoms with van der Waals surface area (Å²) in [6, 6.07) is 14.7. The monoisotopic (exact) mass is 375 g/mol. The van der Waals surface area contributed by atoms with E-state index in [1.54, 1.807) is 0 Å². The van der Waals surface area contributed by atoms with Gasteiger partial charge in [0.2, 0.25) is 0 Å². The predicted molar refractivity (Wildman–Crippen MR) is 109 cm³/mol. The average Bonchev–Trinajstić information content (AvgIpc) is 3.37. The van der Waals surface area contributed by atoms with Crippen LogP contribution in [0.1, 0.15) is 36.0 Å². The Hall–Kier alpha value is -2.60. The summed E-state index contributed by atoms with van der Waals surface area (Å²) in [5.41, 5.74) is 3.38. The molecule has 1 fully saturated rings. The summed E-state index contributed by atoms with van der Waals surface area (Å²) >= 11 is 1.86. The number of hydrogen-bond donors (Lipinski definition) is 0. The van der Waals surface area contributed by atoms with Gasteiger partial charge >= 0.3 is 0 Å². The molecule has 0 aliphatic carbocycles. The first kappa shape index (κ1) is 16.6. The Morgan fingerprint density at radius 2 is 2.00 bits per heavy atom. The van der Waals surface area contributed by atoms with E-state index >= 15 is 0 Å². The molecule has 5 nitrogen and oxygen atoms in total. The second kappa shape index (κ2) is 6.53. The lowest BCUT2D eigenvalue weighted by molar-refractivity contribution is 0.312. The van der Waals surface area contributed by atoms with Gasteiger partial charge in [-0.2, -0.15) is 0 Å². The molecule has 0 N–H and O–H groups in total. The van der Waals surface area contributed by atoms with E-state index in [4.69, 9.17) is 4.99 Å². The lowest BCUT2D eigenvalue weighted by atomic mass is 10.0. The van der Waals surface area contributed by atoms with Gasteiger partial charge in [0, 0.05) is 36.1 Å². The smallest absolute Gasteiger partial charge is 0.160 e. The van der Waals surface area contributed by atoms with E-state index in [0.29, 0.717) is 5.25 Å². The van der Waals surface area contributed by atoms with E-state index in [9.17, 15) is 0 Å². The first-order valence-corrected chi connectivity index (χ1v) is 10.1. The van der Waals surface area contributed by atoms with Crippen molar-refractivity contribution < 1.29 is 0 Å². The summed E-state index contributed by atoms with van der Waals surface area (Å²) in [5, 5.41) is 1.68. The summed E-state index contributed by atoms with van der Waals surface area (Å²) in [6.07, 6.45) is 5.86. The van der Waals surface area contributed by atoms with Gasteiger partial charge in [-0.1, -0.05) is 30.8 Å². The van der Waals surface area contributed by atoms with Crippen LogP contribution >= 0.6 is 11.8 Å². The maximum Gasteiger partial charge on any atom is 0.160 e. The van der Waals surface area contributed by atoms with Crippen molar-refractivity contribution in [3.8, 4) is 5.82 Å². The topological polar surface area (TPSA) is 46.3 Å². The van der Waals surface area contributed by atoms with Crippen LogP contribution in [0.5, 0.6) is 0 Å². The third kappa shape index (κ3) is 2.84. The van der Waals surface area contributed by atoms with Crippen molar-refractivity contribution in [1.82, 2.24) is 19.4 Å². The van der Waals surface area contributed by atoms with E-state index in [1.165, 1.54) is 5.69 Å². The van der Waals surface area contributed by atoms with Crippen LogP contribution in [0.2, 0.25) is 0 Å². The van der Waals surface area contributed by atoms with Crippen LogP contribution in [0.15, 0.2) is 66.0 Å². The first-order valence-electron chi connectivity index (χ1n) is 9.23. The summed E-state index contributed by atoms with van der Waals surface area (Å²) in [5.74, 6) is 0.939. The predicted octanol–water partition coefficient (Wildman–Crippen LogP) is 4.17. The van der Waals surface area contributed by atoms with E-state index in [0.717, 1.165) is 28.8 Å². The van der Waals surface area contributed by atoms with Gasteiger partial charge < -0.3 is 9.47 Å². The largest absolute Gasteiger partial charge is 0.339 e. The highest BCUT2D eigenvalue weighted by Gasteiger charge is 2.44. The molecule has 0 saturated carbocycles. The minimum Gasteiger partial charge on any atom is -0.339 e. The molecule has 136 valence electrons. The van der Waals surface area contributed by atoms with Crippen molar-refractivity contribution in [3.63, 3.8) is 0 Å². The molecular weight excluding hydrogens is 354 g/mol. The van der Waals surface area contributed by atoms with Crippen molar-refractivity contribution in [1.29, 1.82) is 0 Å². The van der Waals surface area contributed by atoms with Gasteiger partial charge in [0.05, 0.1) is 11.7 Å². The summed E-state index contributed by atoms with van der Waals surface area (Å²) in [6.45, 7) is 5.33. The third-order valence-corrected chi connectivity index (χ3v) is 6.21. The molecule has 3 aromatic rings. The highest BCUT2D eigenvalue weighted by atomic mass is 32.2. The van der Waals surface area contributed by atoms with Gasteiger partial charge in [-0.05, 0) is 42.8 Å². The van der Waals surface area contributed by atoms with E-state index < -0.39 is 0 Å². The molecule has 0 spiro atoms. The molecule has 0 aromatic carbocycles. The SMILES string of the molecule is Cc1ccc(-n2cccc2[C@@H]2[C@@H](c3ccccn3)N=C3S[C@H](C)CN32)nc1. The van der Waals surface area contributed by atoms with Crippen LogP contribution < -0.4 is 0 Å². The van der Waals surface area contributed by atoms with Crippen LogP contribution in [-0.4, -0.2) is 36.4 Å². The van der Waals surface area contributed by atoms with Crippen molar-refractivity contribution in [2.24, 2.45) is 4.99 Å². The summed E-state index contributed by atoms with van der Waals surface area (Å²) in [7, 11) is 0. The number of aryl methyl sites for hydroxylation is 1. The third-order valence-electron chi connectivity index (χ3n) is 5.11. The fourth-order valence-corrected chi connectivity index (χ4v) is 4.98. The standard InChI is InChI=1S/C21H21N5S/c1-14-8-9-18(23-12-14)25-11-5-7-17(25)20-19(16-6-3-4-10-22-16)24-21-26(20)13-15(2)27-21/h3-12,15,19-20H,13H2,1-2H3/t15-,19-,20-/m1/s1. The van der Waals surface area contributed by atoms with Gasteiger partial charge in [-0.3, -0.25) is 9.98 Å².